The van der Waals surface area contributed by atoms with Crippen molar-refractivity contribution >= 4 is 5.97 Å². The molecule has 0 bridgehead atoms. The number of nitrogens with zero attached hydrogens (tertiary/aromatic N) is 1. The van der Waals surface area contributed by atoms with Crippen LogP contribution in [0.5, 0.6) is 0 Å². The van der Waals surface area contributed by atoms with Crippen LogP contribution in [0, 0.1) is 5.92 Å². The molecule has 0 aliphatic rings. The van der Waals surface area contributed by atoms with Crippen molar-refractivity contribution in [1.29, 1.82) is 0 Å². The Morgan fingerprint density at radius 2 is 1.83 bits per heavy atom. The van der Waals surface area contributed by atoms with E-state index >= 15 is 0 Å². The third kappa shape index (κ3) is 11.9. The van der Waals surface area contributed by atoms with Gasteiger partial charge in [-0.15, -0.1) is 0 Å². The molecule has 0 amide bonds. The van der Waals surface area contributed by atoms with E-state index in [1.54, 1.807) is 0 Å². The van der Waals surface area contributed by atoms with Gasteiger partial charge in [0.25, 0.3) is 0 Å². The smallest absolute Gasteiger partial charge is 0.304 e. The lowest BCUT2D eigenvalue weighted by Crippen LogP contribution is -2.30. The van der Waals surface area contributed by atoms with Crippen LogP contribution in [0.3, 0.4) is 0 Å². The van der Waals surface area contributed by atoms with Crippen LogP contribution in [0.2, 0.25) is 0 Å². The number of aliphatic carboxylic acids is 1. The van der Waals surface area contributed by atoms with Crippen molar-refractivity contribution in [3.05, 3.63) is 0 Å². The van der Waals surface area contributed by atoms with Crippen molar-refractivity contribution in [1.82, 2.24) is 4.90 Å². The summed E-state index contributed by atoms with van der Waals surface area (Å²) < 4.78 is 5.50. The van der Waals surface area contributed by atoms with Crippen LogP contribution in [-0.4, -0.2) is 48.3 Å². The Labute approximate surface area is 111 Å². The Morgan fingerprint density at radius 3 is 2.33 bits per heavy atom. The van der Waals surface area contributed by atoms with E-state index < -0.39 is 5.97 Å². The number of ether oxygens (including phenoxy) is 1. The molecule has 0 saturated carbocycles. The summed E-state index contributed by atoms with van der Waals surface area (Å²) in [5.41, 5.74) is 0. The zero-order valence-corrected chi connectivity index (χ0v) is 12.3. The third-order valence-corrected chi connectivity index (χ3v) is 2.73. The van der Waals surface area contributed by atoms with Crippen molar-refractivity contribution in [3.8, 4) is 0 Å². The maximum Gasteiger partial charge on any atom is 0.304 e. The zero-order chi connectivity index (χ0) is 14.0. The second-order valence-corrected chi connectivity index (χ2v) is 5.44. The van der Waals surface area contributed by atoms with E-state index in [9.17, 15) is 4.79 Å². The average molecular weight is 259 g/mol. The van der Waals surface area contributed by atoms with Gasteiger partial charge in [0.1, 0.15) is 0 Å². The number of carboxylic acid groups (broad SMARTS) is 1. The first-order chi connectivity index (χ1) is 8.41. The lowest BCUT2D eigenvalue weighted by Gasteiger charge is -2.22. The van der Waals surface area contributed by atoms with Crippen molar-refractivity contribution in [2.24, 2.45) is 5.92 Å². The minimum absolute atomic E-state index is 0.225. The second-order valence-electron chi connectivity index (χ2n) is 5.44. The normalized spacial score (nSPS) is 11.7. The highest BCUT2D eigenvalue weighted by molar-refractivity contribution is 5.66. The largest absolute Gasteiger partial charge is 0.481 e. The molecule has 0 rings (SSSR count). The molecule has 18 heavy (non-hydrogen) atoms. The molecule has 0 aromatic heterocycles. The molecular weight excluding hydrogens is 230 g/mol. The predicted octanol–water partition coefficient (Wildman–Crippen LogP) is 2.62. The summed E-state index contributed by atoms with van der Waals surface area (Å²) in [5, 5.41) is 8.73. The molecule has 1 N–H and O–H groups in total. The van der Waals surface area contributed by atoms with E-state index in [-0.39, 0.29) is 12.5 Å². The Kier molecular flexibility index (Phi) is 9.98. The standard InChI is InChI=1S/C14H29NO3/c1-12(2)6-9-15(10-7-14(16)17)8-5-11-18-13(3)4/h12-13H,5-11H2,1-4H3,(H,16,17). The van der Waals surface area contributed by atoms with E-state index in [1.165, 1.54) is 0 Å². The van der Waals surface area contributed by atoms with Gasteiger partial charge in [0.05, 0.1) is 12.5 Å². The monoisotopic (exact) mass is 259 g/mol. The van der Waals surface area contributed by atoms with E-state index in [0.717, 1.165) is 32.5 Å². The number of carbonyl (C=O) groups is 1. The molecule has 0 aliphatic heterocycles. The Balaban J connectivity index is 3.84. The fourth-order valence-corrected chi connectivity index (χ4v) is 1.64. The highest BCUT2D eigenvalue weighted by Gasteiger charge is 2.08. The summed E-state index contributed by atoms with van der Waals surface area (Å²) >= 11 is 0. The molecule has 4 heteroatoms. The van der Waals surface area contributed by atoms with E-state index in [2.05, 4.69) is 18.7 Å². The molecule has 0 aromatic carbocycles. The number of hydrogen-bond donors (Lipinski definition) is 1. The van der Waals surface area contributed by atoms with Crippen molar-refractivity contribution in [2.75, 3.05) is 26.2 Å². The van der Waals surface area contributed by atoms with Crippen LogP contribution in [-0.2, 0) is 9.53 Å². The molecule has 0 aliphatic carbocycles. The van der Waals surface area contributed by atoms with E-state index in [4.69, 9.17) is 9.84 Å². The maximum absolute atomic E-state index is 10.6. The van der Waals surface area contributed by atoms with Gasteiger partial charge in [-0.3, -0.25) is 4.79 Å². The maximum atomic E-state index is 10.6. The van der Waals surface area contributed by atoms with Crippen LogP contribution in [0.4, 0.5) is 0 Å². The summed E-state index contributed by atoms with van der Waals surface area (Å²) in [6, 6.07) is 0. The van der Waals surface area contributed by atoms with E-state index in [1.807, 2.05) is 13.8 Å². The Morgan fingerprint density at radius 1 is 1.17 bits per heavy atom. The van der Waals surface area contributed by atoms with Gasteiger partial charge in [0.2, 0.25) is 0 Å². The highest BCUT2D eigenvalue weighted by Crippen LogP contribution is 2.04. The van der Waals surface area contributed by atoms with Crippen molar-refractivity contribution in [2.45, 2.75) is 53.1 Å². The number of rotatable bonds is 11. The van der Waals surface area contributed by atoms with Crippen LogP contribution in [0.25, 0.3) is 0 Å². The molecule has 0 radical (unpaired) electrons. The molecule has 0 unspecified atom stereocenters. The lowest BCUT2D eigenvalue weighted by atomic mass is 10.1. The van der Waals surface area contributed by atoms with Gasteiger partial charge in [0, 0.05) is 19.7 Å². The van der Waals surface area contributed by atoms with Gasteiger partial charge in [-0.05, 0) is 39.2 Å². The average Bonchev–Trinajstić information content (AvgIpc) is 2.25. The topological polar surface area (TPSA) is 49.8 Å². The molecule has 0 spiro atoms. The summed E-state index contributed by atoms with van der Waals surface area (Å²) in [5.74, 6) is -0.0628. The van der Waals surface area contributed by atoms with Crippen LogP contribution >= 0.6 is 0 Å². The molecule has 0 fully saturated rings. The summed E-state index contributed by atoms with van der Waals surface area (Å²) in [6.07, 6.45) is 2.58. The van der Waals surface area contributed by atoms with Crippen molar-refractivity contribution < 1.29 is 14.6 Å². The van der Waals surface area contributed by atoms with Crippen LogP contribution in [0.15, 0.2) is 0 Å². The first kappa shape index (κ1) is 17.4. The first-order valence-electron chi connectivity index (χ1n) is 6.97. The van der Waals surface area contributed by atoms with Gasteiger partial charge < -0.3 is 14.7 Å². The molecular formula is C14H29NO3. The summed E-state index contributed by atoms with van der Waals surface area (Å²) in [6.45, 7) is 11.7. The van der Waals surface area contributed by atoms with Crippen molar-refractivity contribution in [3.63, 3.8) is 0 Å². The number of carboxylic acids is 1. The second kappa shape index (κ2) is 10.3. The SMILES string of the molecule is CC(C)CCN(CCCOC(C)C)CCC(=O)O. The van der Waals surface area contributed by atoms with Gasteiger partial charge in [-0.1, -0.05) is 13.8 Å². The van der Waals surface area contributed by atoms with Gasteiger partial charge >= 0.3 is 5.97 Å². The fourth-order valence-electron chi connectivity index (χ4n) is 1.64. The molecule has 108 valence electrons. The van der Waals surface area contributed by atoms with E-state index in [0.29, 0.717) is 12.5 Å². The van der Waals surface area contributed by atoms with Gasteiger partial charge in [-0.2, -0.15) is 0 Å². The Hall–Kier alpha value is -0.610. The molecule has 4 nitrogen and oxygen atoms in total. The molecule has 0 saturated heterocycles. The fraction of sp³-hybridized carbons (Fsp3) is 0.929. The summed E-state index contributed by atoms with van der Waals surface area (Å²) in [4.78, 5) is 12.8. The first-order valence-corrected chi connectivity index (χ1v) is 6.97. The predicted molar refractivity (Wildman–Crippen MR) is 73.9 cm³/mol. The highest BCUT2D eigenvalue weighted by atomic mass is 16.5. The van der Waals surface area contributed by atoms with Gasteiger partial charge in [0.15, 0.2) is 0 Å². The molecule has 0 atom stereocenters. The molecule has 0 heterocycles. The number of hydrogen-bond acceptors (Lipinski definition) is 3. The van der Waals surface area contributed by atoms with Gasteiger partial charge in [-0.25, -0.2) is 0 Å². The molecule has 0 aromatic rings. The Bertz CT molecular complexity index is 217. The summed E-state index contributed by atoms with van der Waals surface area (Å²) in [7, 11) is 0. The van der Waals surface area contributed by atoms with Crippen LogP contribution in [0.1, 0.15) is 47.0 Å². The lowest BCUT2D eigenvalue weighted by molar-refractivity contribution is -0.137. The minimum Gasteiger partial charge on any atom is -0.481 e. The third-order valence-electron chi connectivity index (χ3n) is 2.73. The van der Waals surface area contributed by atoms with Crippen LogP contribution < -0.4 is 0 Å². The minimum atomic E-state index is -0.719. The quantitative estimate of drug-likeness (QED) is 0.579. The zero-order valence-electron chi connectivity index (χ0n) is 12.3.